The first-order valence-electron chi connectivity index (χ1n) is 12.7. The number of alkyl halides is 2. The number of benzene rings is 1. The van der Waals surface area contributed by atoms with Gasteiger partial charge in [0.2, 0.25) is 0 Å². The molecule has 2 aliphatic rings. The monoisotopic (exact) mass is 527 g/mol. The highest BCUT2D eigenvalue weighted by Gasteiger charge is 2.39. The number of hydrogen-bond acceptors (Lipinski definition) is 8. The van der Waals surface area contributed by atoms with Crippen LogP contribution in [0.3, 0.4) is 0 Å². The maximum absolute atomic E-state index is 13.7. The van der Waals surface area contributed by atoms with Crippen molar-refractivity contribution in [2.45, 2.75) is 64.9 Å². The summed E-state index contributed by atoms with van der Waals surface area (Å²) in [5.74, 6) is 1.46. The molecule has 10 nitrogen and oxygen atoms in total. The molecule has 3 aromatic rings. The number of ether oxygens (including phenoxy) is 2. The van der Waals surface area contributed by atoms with E-state index in [0.29, 0.717) is 48.2 Å². The third-order valence-electron chi connectivity index (χ3n) is 7.50. The van der Waals surface area contributed by atoms with Crippen molar-refractivity contribution in [2.24, 2.45) is 7.05 Å². The van der Waals surface area contributed by atoms with Gasteiger partial charge in [-0.3, -0.25) is 9.47 Å². The van der Waals surface area contributed by atoms with Crippen molar-refractivity contribution in [1.29, 1.82) is 5.26 Å². The van der Waals surface area contributed by atoms with Crippen LogP contribution in [0, 0.1) is 11.3 Å². The molecule has 0 amide bonds. The van der Waals surface area contributed by atoms with E-state index < -0.39 is 12.7 Å². The van der Waals surface area contributed by atoms with E-state index in [1.165, 1.54) is 4.57 Å². The highest BCUT2D eigenvalue weighted by molar-refractivity contribution is 5.84. The Morgan fingerprint density at radius 2 is 1.97 bits per heavy atom. The van der Waals surface area contributed by atoms with Crippen LogP contribution in [0.5, 0.6) is 11.5 Å². The molecule has 38 heavy (non-hydrogen) atoms. The van der Waals surface area contributed by atoms with Crippen molar-refractivity contribution in [2.75, 3.05) is 24.6 Å². The topological polar surface area (TPSA) is 101 Å². The van der Waals surface area contributed by atoms with Gasteiger partial charge in [-0.2, -0.15) is 19.0 Å². The number of hydrogen-bond donors (Lipinski definition) is 0. The van der Waals surface area contributed by atoms with Crippen LogP contribution in [-0.4, -0.2) is 61.9 Å². The summed E-state index contributed by atoms with van der Waals surface area (Å²) in [6, 6.07) is 7.26. The van der Waals surface area contributed by atoms with E-state index in [2.05, 4.69) is 34.7 Å². The molecular weight excluding hydrogens is 496 g/mol. The van der Waals surface area contributed by atoms with Crippen LogP contribution in [0.2, 0.25) is 0 Å². The minimum atomic E-state index is -3.36. The van der Waals surface area contributed by atoms with Gasteiger partial charge in [0.05, 0.1) is 12.5 Å². The number of aromatic nitrogens is 4. The fraction of sp³-hybridized carbons (Fsp3) is 0.538. The highest BCUT2D eigenvalue weighted by Crippen LogP contribution is 2.40. The van der Waals surface area contributed by atoms with Crippen LogP contribution in [0.25, 0.3) is 11.2 Å². The SMILES string of the molecule is CCn1c(CC#N)nc2c(N3C[C@@H](C)N(C(C)c4ccc5c(c4)OC(F)(F)CO5)C[C@@H]3C)nc(=O)n(C)c21. The molecule has 1 unspecified atom stereocenters. The van der Waals surface area contributed by atoms with Gasteiger partial charge in [0.1, 0.15) is 17.0 Å². The standard InChI is InChI=1S/C26H31F2N7O3/c1-6-33-21(9-10-29)30-22-23(31-25(36)32(5)24(22)33)35-13-15(2)34(12-16(35)3)17(4)18-7-8-19-20(11-18)38-26(27,28)14-37-19/h7-8,11,15-17H,6,9,12-14H2,1-5H3/t15-,16+,17?/m1/s1. The Morgan fingerprint density at radius 3 is 2.68 bits per heavy atom. The van der Waals surface area contributed by atoms with E-state index in [9.17, 15) is 18.8 Å². The Balaban J connectivity index is 1.45. The van der Waals surface area contributed by atoms with Crippen molar-refractivity contribution in [3.8, 4) is 17.6 Å². The number of piperazine rings is 1. The second-order valence-corrected chi connectivity index (χ2v) is 10.0. The smallest absolute Gasteiger partial charge is 0.433 e. The number of nitriles is 1. The Bertz CT molecular complexity index is 1480. The van der Waals surface area contributed by atoms with E-state index in [1.54, 1.807) is 19.2 Å². The molecule has 202 valence electrons. The van der Waals surface area contributed by atoms with Crippen LogP contribution in [-0.2, 0) is 20.0 Å². The summed E-state index contributed by atoms with van der Waals surface area (Å²) in [7, 11) is 1.67. The minimum absolute atomic E-state index is 0.0239. The highest BCUT2D eigenvalue weighted by atomic mass is 19.3. The number of imidazole rings is 1. The first-order chi connectivity index (χ1) is 18.0. The van der Waals surface area contributed by atoms with Crippen molar-refractivity contribution in [1.82, 2.24) is 24.0 Å². The van der Waals surface area contributed by atoms with Gasteiger partial charge in [0.15, 0.2) is 23.9 Å². The second-order valence-electron chi connectivity index (χ2n) is 10.0. The lowest BCUT2D eigenvalue weighted by Crippen LogP contribution is -2.57. The largest absolute Gasteiger partial charge is 0.479 e. The molecule has 2 aromatic heterocycles. The van der Waals surface area contributed by atoms with Crippen LogP contribution in [0.15, 0.2) is 23.0 Å². The Kier molecular flexibility index (Phi) is 6.51. The zero-order valence-electron chi connectivity index (χ0n) is 22.1. The molecule has 0 radical (unpaired) electrons. The molecule has 1 aromatic carbocycles. The van der Waals surface area contributed by atoms with Gasteiger partial charge in [-0.1, -0.05) is 6.07 Å². The number of aryl methyl sites for hydroxylation is 2. The molecule has 5 rings (SSSR count). The van der Waals surface area contributed by atoms with Crippen LogP contribution >= 0.6 is 0 Å². The van der Waals surface area contributed by atoms with Crippen LogP contribution in [0.1, 0.15) is 45.1 Å². The number of fused-ring (bicyclic) bond motifs is 2. The Labute approximate surface area is 219 Å². The fourth-order valence-electron chi connectivity index (χ4n) is 5.54. The van der Waals surface area contributed by atoms with Crippen LogP contribution < -0.4 is 20.1 Å². The van der Waals surface area contributed by atoms with Gasteiger partial charge >= 0.3 is 11.8 Å². The van der Waals surface area contributed by atoms with Crippen molar-refractivity contribution < 1.29 is 18.3 Å². The predicted octanol–water partition coefficient (Wildman–Crippen LogP) is 3.24. The van der Waals surface area contributed by atoms with E-state index in [1.807, 2.05) is 24.5 Å². The molecule has 1 fully saturated rings. The summed E-state index contributed by atoms with van der Waals surface area (Å²) in [6.45, 7) is 9.14. The van der Waals surface area contributed by atoms with Crippen molar-refractivity contribution >= 4 is 17.0 Å². The normalized spacial score (nSPS) is 21.9. The van der Waals surface area contributed by atoms with Crippen molar-refractivity contribution in [3.63, 3.8) is 0 Å². The lowest BCUT2D eigenvalue weighted by Gasteiger charge is -2.47. The summed E-state index contributed by atoms with van der Waals surface area (Å²) < 4.78 is 40.8. The zero-order chi connectivity index (χ0) is 27.4. The zero-order valence-corrected chi connectivity index (χ0v) is 22.1. The summed E-state index contributed by atoms with van der Waals surface area (Å²) in [4.78, 5) is 26.4. The van der Waals surface area contributed by atoms with E-state index >= 15 is 0 Å². The summed E-state index contributed by atoms with van der Waals surface area (Å²) >= 11 is 0. The van der Waals surface area contributed by atoms with E-state index in [-0.39, 0.29) is 36.0 Å². The van der Waals surface area contributed by atoms with Crippen molar-refractivity contribution in [3.05, 3.63) is 40.1 Å². The summed E-state index contributed by atoms with van der Waals surface area (Å²) in [6.07, 6.45) is -3.22. The average Bonchev–Trinajstić information content (AvgIpc) is 3.24. The van der Waals surface area contributed by atoms with Gasteiger partial charge in [0, 0.05) is 44.8 Å². The molecule has 12 heteroatoms. The number of halogens is 2. The molecule has 0 bridgehead atoms. The first-order valence-corrected chi connectivity index (χ1v) is 12.7. The molecule has 4 heterocycles. The van der Waals surface area contributed by atoms with Gasteiger partial charge in [-0.25, -0.2) is 9.78 Å². The number of rotatable bonds is 5. The third-order valence-corrected chi connectivity index (χ3v) is 7.50. The van der Waals surface area contributed by atoms with Gasteiger partial charge in [0.25, 0.3) is 0 Å². The van der Waals surface area contributed by atoms with Gasteiger partial charge < -0.3 is 18.9 Å². The molecule has 0 N–H and O–H groups in total. The average molecular weight is 528 g/mol. The lowest BCUT2D eigenvalue weighted by molar-refractivity contribution is -0.208. The number of nitrogens with zero attached hydrogens (tertiary/aromatic N) is 7. The molecule has 3 atom stereocenters. The Hall–Kier alpha value is -3.72. The minimum Gasteiger partial charge on any atom is -0.479 e. The molecule has 2 aliphatic heterocycles. The molecule has 0 aliphatic carbocycles. The van der Waals surface area contributed by atoms with Crippen LogP contribution in [0.4, 0.5) is 14.6 Å². The second kappa shape index (κ2) is 9.54. The molecule has 0 saturated carbocycles. The number of anilines is 1. The Morgan fingerprint density at radius 1 is 1.21 bits per heavy atom. The first kappa shape index (κ1) is 25.9. The van der Waals surface area contributed by atoms with E-state index in [0.717, 1.165) is 5.56 Å². The fourth-order valence-corrected chi connectivity index (χ4v) is 5.54. The maximum atomic E-state index is 13.7. The molecular formula is C26H31F2N7O3. The van der Waals surface area contributed by atoms with E-state index in [4.69, 9.17) is 14.5 Å². The summed E-state index contributed by atoms with van der Waals surface area (Å²) in [5.41, 5.74) is 1.72. The third kappa shape index (κ3) is 4.34. The summed E-state index contributed by atoms with van der Waals surface area (Å²) in [5, 5.41) is 9.29. The molecule has 1 saturated heterocycles. The predicted molar refractivity (Wildman–Crippen MR) is 137 cm³/mol. The lowest BCUT2D eigenvalue weighted by atomic mass is 10.00. The van der Waals surface area contributed by atoms with Gasteiger partial charge in [-0.05, 0) is 45.4 Å². The molecule has 0 spiro atoms. The van der Waals surface area contributed by atoms with Gasteiger partial charge in [-0.15, -0.1) is 0 Å². The maximum Gasteiger partial charge on any atom is 0.433 e. The quantitative estimate of drug-likeness (QED) is 0.499.